The molecule has 236 valence electrons. The fourth-order valence-corrected chi connectivity index (χ4v) is 11.6. The average Bonchev–Trinajstić information content (AvgIpc) is 3.23. The van der Waals surface area contributed by atoms with Gasteiger partial charge in [0.05, 0.1) is 6.10 Å². The van der Waals surface area contributed by atoms with Crippen LogP contribution in [0.5, 0.6) is 0 Å². The number of fused-ring (bicyclic) bond motifs is 5. The Morgan fingerprint density at radius 2 is 1.61 bits per heavy atom. The van der Waals surface area contributed by atoms with Crippen molar-refractivity contribution in [2.45, 2.75) is 137 Å². The highest BCUT2D eigenvalue weighted by atomic mass is 31.2. The fraction of sp³-hybridized carbons (Fsp3) is 0.938. The lowest BCUT2D eigenvalue weighted by atomic mass is 9.44. The van der Waals surface area contributed by atoms with Crippen LogP contribution in [0.2, 0.25) is 0 Å². The molecule has 0 bridgehead atoms. The minimum atomic E-state index is -4.41. The molecule has 11 atom stereocenters. The third-order valence-electron chi connectivity index (χ3n) is 12.4. The molecule has 0 spiro atoms. The highest BCUT2D eigenvalue weighted by molar-refractivity contribution is 7.50. The fourth-order valence-electron chi connectivity index (χ4n) is 10.3. The zero-order valence-electron chi connectivity index (χ0n) is 26.0. The number of nitrogens with one attached hydrogen (secondary N) is 1. The first-order valence-electron chi connectivity index (χ1n) is 16.4. The molecule has 4 aliphatic rings. The maximum Gasteiger partial charge on any atom is 0.403 e. The number of hydrogen-bond donors (Lipinski definition) is 4. The van der Waals surface area contributed by atoms with E-state index in [1.807, 2.05) is 0 Å². The van der Waals surface area contributed by atoms with Crippen LogP contribution in [0.3, 0.4) is 0 Å². The van der Waals surface area contributed by atoms with Gasteiger partial charge in [0, 0.05) is 6.42 Å². The minimum Gasteiger partial charge on any atom is -0.481 e. The summed E-state index contributed by atoms with van der Waals surface area (Å²) >= 11 is 0. The van der Waals surface area contributed by atoms with E-state index in [9.17, 15) is 24.2 Å². The lowest BCUT2D eigenvalue weighted by Crippen LogP contribution is -2.54. The molecule has 0 aromatic rings. The summed E-state index contributed by atoms with van der Waals surface area (Å²) < 4.78 is 18.5. The quantitative estimate of drug-likeness (QED) is 0.160. The average molecular weight is 598 g/mol. The predicted molar refractivity (Wildman–Crippen MR) is 159 cm³/mol. The van der Waals surface area contributed by atoms with Gasteiger partial charge in [0.1, 0.15) is 6.04 Å². The van der Waals surface area contributed by atoms with Crippen LogP contribution in [0.4, 0.5) is 0 Å². The number of rotatable bonds is 13. The molecule has 0 saturated heterocycles. The van der Waals surface area contributed by atoms with Crippen molar-refractivity contribution < 1.29 is 33.8 Å². The third-order valence-corrected chi connectivity index (χ3v) is 13.6. The van der Waals surface area contributed by atoms with E-state index in [4.69, 9.17) is 9.63 Å². The summed E-state index contributed by atoms with van der Waals surface area (Å²) in [5.74, 6) is 2.63. The van der Waals surface area contributed by atoms with E-state index in [2.05, 4.69) is 39.7 Å². The van der Waals surface area contributed by atoms with Crippen LogP contribution in [0, 0.1) is 52.3 Å². The second kappa shape index (κ2) is 13.0. The molecule has 0 aliphatic heterocycles. The van der Waals surface area contributed by atoms with Gasteiger partial charge in [-0.05, 0) is 116 Å². The Balaban J connectivity index is 1.36. The van der Waals surface area contributed by atoms with Gasteiger partial charge in [0.2, 0.25) is 0 Å². The van der Waals surface area contributed by atoms with Crippen LogP contribution in [0.25, 0.3) is 0 Å². The Labute approximate surface area is 247 Å². The van der Waals surface area contributed by atoms with Crippen LogP contribution in [-0.2, 0) is 18.7 Å². The molecule has 4 rings (SSSR count). The van der Waals surface area contributed by atoms with Crippen molar-refractivity contribution in [3.63, 3.8) is 0 Å². The van der Waals surface area contributed by atoms with Crippen molar-refractivity contribution >= 4 is 19.7 Å². The first kappa shape index (κ1) is 33.0. The second-order valence-electron chi connectivity index (χ2n) is 15.2. The van der Waals surface area contributed by atoms with Gasteiger partial charge in [-0.1, -0.05) is 53.9 Å². The van der Waals surface area contributed by atoms with Gasteiger partial charge >= 0.3 is 19.7 Å². The van der Waals surface area contributed by atoms with Gasteiger partial charge in [0.25, 0.3) is 0 Å². The van der Waals surface area contributed by atoms with Crippen molar-refractivity contribution in [3.05, 3.63) is 0 Å². The Bertz CT molecular complexity index is 989. The molecular weight excluding hydrogens is 541 g/mol. The van der Waals surface area contributed by atoms with E-state index in [0.29, 0.717) is 23.7 Å². The van der Waals surface area contributed by atoms with Gasteiger partial charge in [0.15, 0.2) is 0 Å². The standard InChI is InChI=1S/C32H56NO7P/c1-20(2)7-6-8-21(3)25-11-12-26-24-10-9-22-19-23(15-17-31(22,4)27(24)16-18-32(25,26)5)40-41(38,39)33-28(30(36)37)13-14-29(34)35/h20-28H,6-19H2,1-5H3,(H,34,35)(H,36,37)(H2,33,38,39)/t21-,22?,23+,24?,25-,26?,27?,28+,31+,32-/m1/s1. The van der Waals surface area contributed by atoms with Gasteiger partial charge in [-0.25, -0.2) is 9.65 Å². The lowest BCUT2D eigenvalue weighted by molar-refractivity contribution is -0.140. The Morgan fingerprint density at radius 1 is 0.927 bits per heavy atom. The van der Waals surface area contributed by atoms with E-state index in [1.165, 1.54) is 51.4 Å². The van der Waals surface area contributed by atoms with E-state index in [0.717, 1.165) is 48.9 Å². The first-order valence-corrected chi connectivity index (χ1v) is 18.0. The molecule has 5 unspecified atom stereocenters. The molecule has 0 heterocycles. The van der Waals surface area contributed by atoms with Crippen LogP contribution in [-0.4, -0.2) is 39.2 Å². The van der Waals surface area contributed by atoms with Crippen LogP contribution < -0.4 is 5.09 Å². The van der Waals surface area contributed by atoms with Crippen molar-refractivity contribution in [1.82, 2.24) is 5.09 Å². The number of carboxylic acids is 2. The van der Waals surface area contributed by atoms with Gasteiger partial charge < -0.3 is 15.1 Å². The van der Waals surface area contributed by atoms with Crippen molar-refractivity contribution in [1.29, 1.82) is 0 Å². The maximum atomic E-state index is 12.9. The van der Waals surface area contributed by atoms with E-state index >= 15 is 0 Å². The molecule has 0 aromatic heterocycles. The molecule has 0 aromatic carbocycles. The smallest absolute Gasteiger partial charge is 0.403 e. The van der Waals surface area contributed by atoms with Crippen LogP contribution >= 0.6 is 7.75 Å². The summed E-state index contributed by atoms with van der Waals surface area (Å²) in [6.45, 7) is 12.3. The number of hydrogen-bond acceptors (Lipinski definition) is 4. The number of carbonyl (C=O) groups is 2. The normalized spacial score (nSPS) is 39.7. The molecule has 9 heteroatoms. The predicted octanol–water partition coefficient (Wildman–Crippen LogP) is 7.50. The molecule has 4 saturated carbocycles. The van der Waals surface area contributed by atoms with E-state index in [1.54, 1.807) is 0 Å². The van der Waals surface area contributed by atoms with E-state index in [-0.39, 0.29) is 11.8 Å². The molecule has 8 nitrogen and oxygen atoms in total. The summed E-state index contributed by atoms with van der Waals surface area (Å²) in [5.41, 5.74) is 0.668. The molecule has 4 fully saturated rings. The molecule has 41 heavy (non-hydrogen) atoms. The number of aliphatic carboxylic acids is 2. The third kappa shape index (κ3) is 7.24. The topological polar surface area (TPSA) is 133 Å². The minimum absolute atomic E-state index is 0.211. The molecule has 0 amide bonds. The van der Waals surface area contributed by atoms with Crippen LogP contribution in [0.1, 0.15) is 125 Å². The maximum absolute atomic E-state index is 12.9. The van der Waals surface area contributed by atoms with Gasteiger partial charge in [-0.3, -0.25) is 14.1 Å². The Kier molecular flexibility index (Phi) is 10.4. The molecule has 0 radical (unpaired) electrons. The van der Waals surface area contributed by atoms with Crippen LogP contribution in [0.15, 0.2) is 0 Å². The molecular formula is C32H56NO7P. The van der Waals surface area contributed by atoms with Crippen molar-refractivity contribution in [2.24, 2.45) is 52.3 Å². The summed E-state index contributed by atoms with van der Waals surface area (Å²) in [6, 6.07) is -1.45. The second-order valence-corrected chi connectivity index (χ2v) is 16.7. The monoisotopic (exact) mass is 597 g/mol. The highest BCUT2D eigenvalue weighted by Gasteiger charge is 2.60. The summed E-state index contributed by atoms with van der Waals surface area (Å²) in [4.78, 5) is 32.9. The van der Waals surface area contributed by atoms with Gasteiger partial charge in [-0.2, -0.15) is 0 Å². The summed E-state index contributed by atoms with van der Waals surface area (Å²) in [6.07, 6.45) is 13.0. The zero-order valence-corrected chi connectivity index (χ0v) is 26.9. The van der Waals surface area contributed by atoms with Gasteiger partial charge in [-0.15, -0.1) is 0 Å². The summed E-state index contributed by atoms with van der Waals surface area (Å²) in [5, 5.41) is 20.5. The van der Waals surface area contributed by atoms with Crippen molar-refractivity contribution in [2.75, 3.05) is 0 Å². The largest absolute Gasteiger partial charge is 0.481 e. The lowest BCUT2D eigenvalue weighted by Gasteiger charge is -2.61. The highest BCUT2D eigenvalue weighted by Crippen LogP contribution is 2.68. The first-order chi connectivity index (χ1) is 19.2. The van der Waals surface area contributed by atoms with E-state index < -0.39 is 38.3 Å². The Hall–Kier alpha value is -0.950. The SMILES string of the molecule is CC(C)CCC[C@@H](C)[C@H]1CCC2C3CCC4C[C@@H](OP(=O)(O)N[C@@H](CCC(=O)O)C(=O)O)CC[C@]4(C)C3CC[C@@]21C. The molecule has 4 aliphatic carbocycles. The van der Waals surface area contributed by atoms with Crippen molar-refractivity contribution in [3.8, 4) is 0 Å². The summed E-state index contributed by atoms with van der Waals surface area (Å²) in [7, 11) is -4.41. The zero-order chi connectivity index (χ0) is 30.2. The number of carboxylic acid groups (broad SMARTS) is 2. The Morgan fingerprint density at radius 3 is 2.27 bits per heavy atom. The molecule has 4 N–H and O–H groups in total.